The first kappa shape index (κ1) is 15.7. The van der Waals surface area contributed by atoms with Gasteiger partial charge >= 0.3 is 12.0 Å². The van der Waals surface area contributed by atoms with E-state index in [4.69, 9.17) is 10.8 Å². The summed E-state index contributed by atoms with van der Waals surface area (Å²) in [5.74, 6) is -2.13. The first-order valence-corrected chi connectivity index (χ1v) is 6.14. The van der Waals surface area contributed by atoms with Crippen LogP contribution in [0.2, 0.25) is 0 Å². The minimum absolute atomic E-state index is 0.101. The second-order valence-corrected chi connectivity index (χ2v) is 4.61. The van der Waals surface area contributed by atoms with E-state index in [1.807, 2.05) is 0 Å². The summed E-state index contributed by atoms with van der Waals surface area (Å²) in [5.41, 5.74) is 4.93. The second kappa shape index (κ2) is 6.73. The Morgan fingerprint density at radius 2 is 2.15 bits per heavy atom. The number of primary amides is 1. The first-order valence-electron chi connectivity index (χ1n) is 6.14. The Balaban J connectivity index is 2.48. The number of rotatable bonds is 6. The fraction of sp³-hybridized carbons (Fsp3) is 0.636. The number of nitrogens with one attached hydrogen (secondary N) is 2. The Morgan fingerprint density at radius 3 is 2.60 bits per heavy atom. The molecule has 0 aromatic heterocycles. The van der Waals surface area contributed by atoms with Gasteiger partial charge in [-0.3, -0.25) is 9.59 Å². The number of carbonyl (C=O) groups excluding carboxylic acids is 3. The highest BCUT2D eigenvalue weighted by atomic mass is 16.4. The molecule has 1 rings (SSSR count). The van der Waals surface area contributed by atoms with Crippen LogP contribution < -0.4 is 16.4 Å². The molecule has 0 aromatic carbocycles. The van der Waals surface area contributed by atoms with Crippen molar-refractivity contribution in [2.75, 3.05) is 13.6 Å². The molecule has 0 spiro atoms. The van der Waals surface area contributed by atoms with Crippen molar-refractivity contribution in [3.05, 3.63) is 0 Å². The zero-order chi connectivity index (χ0) is 15.3. The van der Waals surface area contributed by atoms with Gasteiger partial charge in [0.2, 0.25) is 11.8 Å². The number of amides is 4. The lowest BCUT2D eigenvalue weighted by molar-refractivity contribution is -0.139. The van der Waals surface area contributed by atoms with Crippen molar-refractivity contribution in [1.82, 2.24) is 15.5 Å². The summed E-state index contributed by atoms with van der Waals surface area (Å²) in [4.78, 5) is 46.3. The van der Waals surface area contributed by atoms with Gasteiger partial charge in [0.25, 0.3) is 0 Å². The number of nitrogens with zero attached hydrogens (tertiary/aromatic N) is 1. The minimum atomic E-state index is -1.27. The fourth-order valence-electron chi connectivity index (χ4n) is 1.86. The highest BCUT2D eigenvalue weighted by Crippen LogP contribution is 2.08. The second-order valence-electron chi connectivity index (χ2n) is 4.61. The van der Waals surface area contributed by atoms with Crippen LogP contribution in [-0.2, 0) is 14.4 Å². The normalized spacial score (nSPS) is 19.6. The van der Waals surface area contributed by atoms with Crippen LogP contribution in [0.4, 0.5) is 4.79 Å². The average molecular weight is 286 g/mol. The molecule has 9 nitrogen and oxygen atoms in total. The number of carboxylic acid groups (broad SMARTS) is 1. The SMILES string of the molecule is CN1CCC(NC(=O)N[C@@H](CCC(N)=O)C(=O)O)C1=O. The number of carbonyl (C=O) groups is 4. The van der Waals surface area contributed by atoms with Gasteiger partial charge in [-0.1, -0.05) is 0 Å². The Bertz CT molecular complexity index is 425. The molecular formula is C11H18N4O5. The monoisotopic (exact) mass is 286 g/mol. The third-order valence-electron chi connectivity index (χ3n) is 3.02. The smallest absolute Gasteiger partial charge is 0.326 e. The number of aliphatic carboxylic acids is 1. The van der Waals surface area contributed by atoms with Gasteiger partial charge in [-0.2, -0.15) is 0 Å². The Morgan fingerprint density at radius 1 is 1.50 bits per heavy atom. The number of likely N-dealkylation sites (N-methyl/N-ethyl adjacent to an activating group) is 1. The van der Waals surface area contributed by atoms with Gasteiger partial charge in [0.15, 0.2) is 0 Å². The molecule has 4 amide bonds. The van der Waals surface area contributed by atoms with Crippen molar-refractivity contribution in [3.63, 3.8) is 0 Å². The van der Waals surface area contributed by atoms with Crippen molar-refractivity contribution in [3.8, 4) is 0 Å². The van der Waals surface area contributed by atoms with E-state index in [0.717, 1.165) is 0 Å². The molecule has 1 fully saturated rings. The molecule has 0 aromatic rings. The third-order valence-corrected chi connectivity index (χ3v) is 3.02. The van der Waals surface area contributed by atoms with Crippen LogP contribution in [-0.4, -0.2) is 59.5 Å². The Kier molecular flexibility index (Phi) is 5.30. The van der Waals surface area contributed by atoms with Gasteiger partial charge < -0.3 is 26.4 Å². The fourth-order valence-corrected chi connectivity index (χ4v) is 1.86. The molecule has 112 valence electrons. The number of carboxylic acids is 1. The van der Waals surface area contributed by atoms with E-state index in [9.17, 15) is 19.2 Å². The number of urea groups is 1. The molecule has 5 N–H and O–H groups in total. The predicted octanol–water partition coefficient (Wildman–Crippen LogP) is -1.76. The van der Waals surface area contributed by atoms with Crippen molar-refractivity contribution in [2.45, 2.75) is 31.3 Å². The van der Waals surface area contributed by atoms with Gasteiger partial charge in [0, 0.05) is 20.0 Å². The van der Waals surface area contributed by atoms with E-state index in [0.29, 0.717) is 13.0 Å². The van der Waals surface area contributed by atoms with Crippen LogP contribution in [0.15, 0.2) is 0 Å². The predicted molar refractivity (Wildman–Crippen MR) is 67.6 cm³/mol. The highest BCUT2D eigenvalue weighted by Gasteiger charge is 2.31. The lowest BCUT2D eigenvalue weighted by atomic mass is 10.1. The van der Waals surface area contributed by atoms with Crippen molar-refractivity contribution in [1.29, 1.82) is 0 Å². The maximum absolute atomic E-state index is 11.6. The number of likely N-dealkylation sites (tertiary alicyclic amines) is 1. The van der Waals surface area contributed by atoms with E-state index in [-0.39, 0.29) is 18.7 Å². The summed E-state index contributed by atoms with van der Waals surface area (Å²) in [6.07, 6.45) is 0.223. The van der Waals surface area contributed by atoms with Crippen LogP contribution >= 0.6 is 0 Å². The van der Waals surface area contributed by atoms with E-state index in [2.05, 4.69) is 10.6 Å². The van der Waals surface area contributed by atoms with Crippen LogP contribution in [0.5, 0.6) is 0 Å². The molecule has 1 aliphatic rings. The summed E-state index contributed by atoms with van der Waals surface area (Å²) in [7, 11) is 1.62. The zero-order valence-electron chi connectivity index (χ0n) is 11.1. The van der Waals surface area contributed by atoms with Gasteiger partial charge in [0.1, 0.15) is 12.1 Å². The molecule has 0 aliphatic carbocycles. The van der Waals surface area contributed by atoms with Crippen molar-refractivity contribution in [2.24, 2.45) is 5.73 Å². The minimum Gasteiger partial charge on any atom is -0.480 e. The Hall–Kier alpha value is -2.32. The lowest BCUT2D eigenvalue weighted by Gasteiger charge is -2.17. The highest BCUT2D eigenvalue weighted by molar-refractivity contribution is 5.90. The Labute approximate surface area is 115 Å². The van der Waals surface area contributed by atoms with Gasteiger partial charge in [-0.15, -0.1) is 0 Å². The van der Waals surface area contributed by atoms with Gasteiger partial charge in [0.05, 0.1) is 0 Å². The summed E-state index contributed by atoms with van der Waals surface area (Å²) in [6.45, 7) is 0.536. The quantitative estimate of drug-likeness (QED) is 0.457. The average Bonchev–Trinajstić information content (AvgIpc) is 2.65. The molecule has 9 heteroatoms. The molecule has 1 unspecified atom stereocenters. The van der Waals surface area contributed by atoms with Gasteiger partial charge in [-0.05, 0) is 12.8 Å². The van der Waals surface area contributed by atoms with Crippen molar-refractivity contribution < 1.29 is 24.3 Å². The first-order chi connectivity index (χ1) is 9.31. The molecule has 20 heavy (non-hydrogen) atoms. The third kappa shape index (κ3) is 4.41. The largest absolute Gasteiger partial charge is 0.480 e. The van der Waals surface area contributed by atoms with Crippen LogP contribution in [0.1, 0.15) is 19.3 Å². The van der Waals surface area contributed by atoms with E-state index in [1.54, 1.807) is 7.05 Å². The summed E-state index contributed by atoms with van der Waals surface area (Å²) in [5, 5.41) is 13.5. The van der Waals surface area contributed by atoms with Crippen molar-refractivity contribution >= 4 is 23.8 Å². The standard InChI is InChI=1S/C11H18N4O5/c1-15-5-4-6(9(15)17)13-11(20)14-7(10(18)19)2-3-8(12)16/h6-7H,2-5H2,1H3,(H2,12,16)(H,18,19)(H2,13,14,20)/t6?,7-/m0/s1. The summed E-state index contributed by atoms with van der Waals surface area (Å²) < 4.78 is 0. The van der Waals surface area contributed by atoms with E-state index >= 15 is 0 Å². The molecular weight excluding hydrogens is 268 g/mol. The zero-order valence-corrected chi connectivity index (χ0v) is 11.1. The molecule has 0 radical (unpaired) electrons. The molecule has 1 saturated heterocycles. The topological polar surface area (TPSA) is 142 Å². The molecule has 1 heterocycles. The maximum Gasteiger partial charge on any atom is 0.326 e. The van der Waals surface area contributed by atoms with E-state index in [1.165, 1.54) is 4.90 Å². The molecule has 2 atom stereocenters. The number of hydrogen-bond donors (Lipinski definition) is 4. The number of hydrogen-bond acceptors (Lipinski definition) is 4. The van der Waals surface area contributed by atoms with Gasteiger partial charge in [-0.25, -0.2) is 9.59 Å². The van der Waals surface area contributed by atoms with Crippen LogP contribution in [0.3, 0.4) is 0 Å². The van der Waals surface area contributed by atoms with Crippen LogP contribution in [0.25, 0.3) is 0 Å². The van der Waals surface area contributed by atoms with Crippen LogP contribution in [0, 0.1) is 0 Å². The number of nitrogens with two attached hydrogens (primary N) is 1. The lowest BCUT2D eigenvalue weighted by Crippen LogP contribution is -2.50. The summed E-state index contributed by atoms with van der Waals surface area (Å²) >= 11 is 0. The maximum atomic E-state index is 11.6. The molecule has 0 saturated carbocycles. The summed E-state index contributed by atoms with van der Waals surface area (Å²) in [6, 6.07) is -2.63. The molecule has 0 bridgehead atoms. The van der Waals surface area contributed by atoms with E-state index < -0.39 is 30.0 Å². The molecule has 1 aliphatic heterocycles.